The van der Waals surface area contributed by atoms with E-state index in [0.717, 1.165) is 18.4 Å². The van der Waals surface area contributed by atoms with Crippen molar-refractivity contribution in [2.45, 2.75) is 39.2 Å². The average molecular weight is 284 g/mol. The normalized spacial score (nSPS) is 11.9. The van der Waals surface area contributed by atoms with Gasteiger partial charge in [0.05, 0.1) is 0 Å². The van der Waals surface area contributed by atoms with Gasteiger partial charge in [-0.2, -0.15) is 0 Å². The number of carbonyl (C=O) groups is 2. The summed E-state index contributed by atoms with van der Waals surface area (Å²) in [6.07, 6.45) is 2.07. The van der Waals surface area contributed by atoms with Crippen LogP contribution in [0.25, 0.3) is 0 Å². The third kappa shape index (κ3) is 4.91. The number of hydrogen-bond acceptors (Lipinski definition) is 2. The average Bonchev–Trinajstić information content (AvgIpc) is 2.32. The third-order valence-corrected chi connectivity index (χ3v) is 2.97. The number of nitrogens with one attached hydrogen (secondary N) is 1. The molecule has 5 heteroatoms. The van der Waals surface area contributed by atoms with Crippen molar-refractivity contribution in [1.82, 2.24) is 5.32 Å². The zero-order valence-corrected chi connectivity index (χ0v) is 11.8. The van der Waals surface area contributed by atoms with Gasteiger partial charge in [-0.3, -0.25) is 4.79 Å². The Morgan fingerprint density at radius 3 is 2.58 bits per heavy atom. The zero-order valence-electron chi connectivity index (χ0n) is 11.1. The lowest BCUT2D eigenvalue weighted by atomic mass is 10.1. The second kappa shape index (κ2) is 7.14. The maximum Gasteiger partial charge on any atom is 0.326 e. The molecule has 0 heterocycles. The number of carbonyl (C=O) groups excluding carboxylic acids is 1. The minimum Gasteiger partial charge on any atom is -0.480 e. The number of carboxylic acid groups (broad SMARTS) is 1. The topological polar surface area (TPSA) is 66.4 Å². The van der Waals surface area contributed by atoms with Gasteiger partial charge in [-0.1, -0.05) is 31.4 Å². The molecule has 0 saturated heterocycles. The van der Waals surface area contributed by atoms with Crippen molar-refractivity contribution in [3.05, 3.63) is 34.3 Å². The van der Waals surface area contributed by atoms with Gasteiger partial charge in [0.15, 0.2) is 0 Å². The minimum atomic E-state index is -1.01. The van der Waals surface area contributed by atoms with Gasteiger partial charge in [-0.25, -0.2) is 4.79 Å². The van der Waals surface area contributed by atoms with Crippen LogP contribution in [-0.2, 0) is 4.79 Å². The Morgan fingerprint density at radius 1 is 1.37 bits per heavy atom. The standard InChI is InChI=1S/C14H18ClNO3/c1-3-4-5-12(14(18)19)16-13(17)10-6-9(2)7-11(15)8-10/h6-8,12H,3-5H2,1-2H3,(H,16,17)(H,18,19)/t12-/m0/s1. The summed E-state index contributed by atoms with van der Waals surface area (Å²) in [6, 6.07) is 4.10. The number of aryl methyl sites for hydroxylation is 1. The summed E-state index contributed by atoms with van der Waals surface area (Å²) in [7, 11) is 0. The molecule has 0 aliphatic carbocycles. The highest BCUT2D eigenvalue weighted by Gasteiger charge is 2.20. The number of benzene rings is 1. The van der Waals surface area contributed by atoms with E-state index in [9.17, 15) is 9.59 Å². The molecule has 0 bridgehead atoms. The Kier molecular flexibility index (Phi) is 5.83. The van der Waals surface area contributed by atoms with Gasteiger partial charge < -0.3 is 10.4 Å². The fourth-order valence-corrected chi connectivity index (χ4v) is 2.06. The molecule has 0 aliphatic heterocycles. The van der Waals surface area contributed by atoms with E-state index in [-0.39, 0.29) is 0 Å². The highest BCUT2D eigenvalue weighted by Crippen LogP contribution is 2.15. The lowest BCUT2D eigenvalue weighted by molar-refractivity contribution is -0.139. The Morgan fingerprint density at radius 2 is 2.05 bits per heavy atom. The SMILES string of the molecule is CCCC[C@H](NC(=O)c1cc(C)cc(Cl)c1)C(=O)O. The van der Waals surface area contributed by atoms with Crippen molar-refractivity contribution < 1.29 is 14.7 Å². The van der Waals surface area contributed by atoms with E-state index in [2.05, 4.69) is 5.32 Å². The molecule has 1 atom stereocenters. The van der Waals surface area contributed by atoms with Crippen LogP contribution < -0.4 is 5.32 Å². The first-order chi connectivity index (χ1) is 8.93. The maximum atomic E-state index is 12.0. The van der Waals surface area contributed by atoms with E-state index in [1.165, 1.54) is 6.07 Å². The second-order valence-electron chi connectivity index (χ2n) is 4.52. The van der Waals surface area contributed by atoms with Gasteiger partial charge in [0.25, 0.3) is 5.91 Å². The van der Waals surface area contributed by atoms with Gasteiger partial charge in [0.1, 0.15) is 6.04 Å². The quantitative estimate of drug-likeness (QED) is 0.843. The molecule has 1 aromatic rings. The number of unbranched alkanes of at least 4 members (excludes halogenated alkanes) is 1. The molecular weight excluding hydrogens is 266 g/mol. The van der Waals surface area contributed by atoms with Crippen LogP contribution in [0.4, 0.5) is 0 Å². The number of carboxylic acids is 1. The molecule has 0 saturated carbocycles. The predicted octanol–water partition coefficient (Wildman–Crippen LogP) is 3.02. The van der Waals surface area contributed by atoms with E-state index < -0.39 is 17.9 Å². The number of hydrogen-bond donors (Lipinski definition) is 2. The van der Waals surface area contributed by atoms with Gasteiger partial charge in [0.2, 0.25) is 0 Å². The third-order valence-electron chi connectivity index (χ3n) is 2.75. The Bertz CT molecular complexity index is 454. The van der Waals surface area contributed by atoms with Crippen molar-refractivity contribution in [3.8, 4) is 0 Å². The van der Waals surface area contributed by atoms with Crippen LogP contribution in [0.5, 0.6) is 0 Å². The minimum absolute atomic E-state index is 0.382. The van der Waals surface area contributed by atoms with Crippen molar-refractivity contribution in [3.63, 3.8) is 0 Å². The summed E-state index contributed by atoms with van der Waals surface area (Å²) < 4.78 is 0. The van der Waals surface area contributed by atoms with E-state index in [1.54, 1.807) is 12.1 Å². The summed E-state index contributed by atoms with van der Waals surface area (Å²) in [5.41, 5.74) is 1.24. The zero-order chi connectivity index (χ0) is 14.4. The van der Waals surface area contributed by atoms with E-state index in [4.69, 9.17) is 16.7 Å². The summed E-state index contributed by atoms with van der Waals surface area (Å²) >= 11 is 5.88. The number of rotatable bonds is 6. The fourth-order valence-electron chi connectivity index (χ4n) is 1.77. The van der Waals surface area contributed by atoms with Crippen molar-refractivity contribution in [2.24, 2.45) is 0 Å². The maximum absolute atomic E-state index is 12.0. The first kappa shape index (κ1) is 15.5. The first-order valence-corrected chi connectivity index (χ1v) is 6.62. The molecule has 0 radical (unpaired) electrons. The monoisotopic (exact) mass is 283 g/mol. The van der Waals surface area contributed by atoms with Crippen molar-refractivity contribution >= 4 is 23.5 Å². The molecule has 1 rings (SSSR count). The van der Waals surface area contributed by atoms with E-state index in [0.29, 0.717) is 17.0 Å². The van der Waals surface area contributed by atoms with Gasteiger partial charge in [-0.05, 0) is 37.1 Å². The second-order valence-corrected chi connectivity index (χ2v) is 4.96. The summed E-state index contributed by atoms with van der Waals surface area (Å²) in [4.78, 5) is 23.1. The molecule has 0 spiro atoms. The molecule has 0 aromatic heterocycles. The largest absolute Gasteiger partial charge is 0.480 e. The fraction of sp³-hybridized carbons (Fsp3) is 0.429. The highest BCUT2D eigenvalue weighted by atomic mass is 35.5. The number of halogens is 1. The van der Waals surface area contributed by atoms with E-state index >= 15 is 0 Å². The van der Waals surface area contributed by atoms with Crippen molar-refractivity contribution in [2.75, 3.05) is 0 Å². The predicted molar refractivity (Wildman–Crippen MR) is 74.6 cm³/mol. The lowest BCUT2D eigenvalue weighted by Crippen LogP contribution is -2.40. The molecule has 4 nitrogen and oxygen atoms in total. The van der Waals surface area contributed by atoms with Crippen LogP contribution in [-0.4, -0.2) is 23.0 Å². The number of aliphatic carboxylic acids is 1. The molecule has 0 unspecified atom stereocenters. The van der Waals surface area contributed by atoms with Gasteiger partial charge in [0, 0.05) is 10.6 Å². The Hall–Kier alpha value is -1.55. The summed E-state index contributed by atoms with van der Waals surface area (Å²) in [6.45, 7) is 3.80. The molecular formula is C14H18ClNO3. The van der Waals surface area contributed by atoms with E-state index in [1.807, 2.05) is 13.8 Å². The lowest BCUT2D eigenvalue weighted by Gasteiger charge is -2.14. The summed E-state index contributed by atoms with van der Waals surface area (Å²) in [5.74, 6) is -1.42. The van der Waals surface area contributed by atoms with Crippen LogP contribution >= 0.6 is 11.6 Å². The highest BCUT2D eigenvalue weighted by molar-refractivity contribution is 6.31. The van der Waals surface area contributed by atoms with Crippen LogP contribution in [0.1, 0.15) is 42.1 Å². The Balaban J connectivity index is 2.78. The van der Waals surface area contributed by atoms with Crippen LogP contribution in [0, 0.1) is 6.92 Å². The molecule has 0 fully saturated rings. The van der Waals surface area contributed by atoms with Crippen LogP contribution in [0.2, 0.25) is 5.02 Å². The molecule has 104 valence electrons. The van der Waals surface area contributed by atoms with Crippen molar-refractivity contribution in [1.29, 1.82) is 0 Å². The van der Waals surface area contributed by atoms with Gasteiger partial charge in [-0.15, -0.1) is 0 Å². The van der Waals surface area contributed by atoms with Crippen LogP contribution in [0.15, 0.2) is 18.2 Å². The number of amides is 1. The summed E-state index contributed by atoms with van der Waals surface area (Å²) in [5, 5.41) is 12.1. The molecule has 2 N–H and O–H groups in total. The first-order valence-electron chi connectivity index (χ1n) is 6.25. The molecule has 1 amide bonds. The molecule has 19 heavy (non-hydrogen) atoms. The smallest absolute Gasteiger partial charge is 0.326 e. The molecule has 1 aromatic carbocycles. The Labute approximate surface area is 117 Å². The molecule has 0 aliphatic rings. The van der Waals surface area contributed by atoms with Crippen LogP contribution in [0.3, 0.4) is 0 Å². The van der Waals surface area contributed by atoms with Gasteiger partial charge >= 0.3 is 5.97 Å².